The molecule has 0 aliphatic heterocycles. The molecule has 1 aromatic rings. The second kappa shape index (κ2) is 5.26. The summed E-state index contributed by atoms with van der Waals surface area (Å²) in [6, 6.07) is 6.59. The molecule has 0 aliphatic rings. The van der Waals surface area contributed by atoms with Gasteiger partial charge < -0.3 is 5.32 Å². The minimum Gasteiger partial charge on any atom is -0.381 e. The van der Waals surface area contributed by atoms with E-state index in [0.29, 0.717) is 6.04 Å². The van der Waals surface area contributed by atoms with E-state index in [1.54, 1.807) is 0 Å². The van der Waals surface area contributed by atoms with Gasteiger partial charge >= 0.3 is 0 Å². The fourth-order valence-corrected chi connectivity index (χ4v) is 1.63. The Kier molecular flexibility index (Phi) is 4.27. The summed E-state index contributed by atoms with van der Waals surface area (Å²) in [5, 5.41) is 4.26. The molecule has 0 aliphatic carbocycles. The van der Waals surface area contributed by atoms with Gasteiger partial charge in [-0.15, -0.1) is 0 Å². The summed E-state index contributed by atoms with van der Waals surface area (Å²) in [4.78, 5) is 0. The molecule has 0 bridgehead atoms. The molecule has 2 heteroatoms. The first-order valence-electron chi connectivity index (χ1n) is 5.20. The molecule has 0 heterocycles. The molecule has 0 saturated heterocycles. The lowest BCUT2D eigenvalue weighted by atomic mass is 10.1. The van der Waals surface area contributed by atoms with Gasteiger partial charge in [-0.2, -0.15) is 0 Å². The van der Waals surface area contributed by atoms with Crippen LogP contribution in [0.1, 0.15) is 32.3 Å². The van der Waals surface area contributed by atoms with E-state index < -0.39 is 0 Å². The normalized spacial score (nSPS) is 10.6. The van der Waals surface area contributed by atoms with Crippen molar-refractivity contribution in [3.63, 3.8) is 0 Å². The third kappa shape index (κ3) is 2.91. The minimum atomic E-state index is 0.522. The van der Waals surface area contributed by atoms with Crippen LogP contribution in [0.4, 0.5) is 5.69 Å². The van der Waals surface area contributed by atoms with Crippen LogP contribution in [-0.4, -0.2) is 6.04 Å². The Balaban J connectivity index is 2.79. The molecule has 0 radical (unpaired) electrons. The summed E-state index contributed by atoms with van der Waals surface area (Å²) in [7, 11) is 0. The number of hydrogen-bond acceptors (Lipinski definition) is 1. The molecule has 1 aromatic carbocycles. The maximum absolute atomic E-state index is 6.09. The molecule has 0 saturated carbocycles. The lowest BCUT2D eigenvalue weighted by Crippen LogP contribution is -2.17. The SMILES string of the molecule is CCC(CC)Nc1cc(C)ccc1Cl. The van der Waals surface area contributed by atoms with E-state index in [4.69, 9.17) is 11.6 Å². The molecule has 78 valence electrons. The summed E-state index contributed by atoms with van der Waals surface area (Å²) in [6.45, 7) is 6.45. The number of nitrogens with one attached hydrogen (secondary N) is 1. The molecule has 0 fully saturated rings. The van der Waals surface area contributed by atoms with Crippen molar-refractivity contribution >= 4 is 17.3 Å². The first-order chi connectivity index (χ1) is 6.67. The van der Waals surface area contributed by atoms with Crippen molar-refractivity contribution in [2.24, 2.45) is 0 Å². The third-order valence-corrected chi connectivity index (χ3v) is 2.80. The van der Waals surface area contributed by atoms with Crippen LogP contribution < -0.4 is 5.32 Å². The van der Waals surface area contributed by atoms with Gasteiger partial charge in [-0.3, -0.25) is 0 Å². The first-order valence-corrected chi connectivity index (χ1v) is 5.57. The minimum absolute atomic E-state index is 0.522. The predicted octanol–water partition coefficient (Wildman–Crippen LogP) is 4.25. The molecular formula is C12H18ClN. The second-order valence-electron chi connectivity index (χ2n) is 3.64. The van der Waals surface area contributed by atoms with Crippen molar-refractivity contribution in [2.75, 3.05) is 5.32 Å². The Hall–Kier alpha value is -0.690. The second-order valence-corrected chi connectivity index (χ2v) is 4.05. The van der Waals surface area contributed by atoms with Crippen LogP contribution in [0.2, 0.25) is 5.02 Å². The number of halogens is 1. The number of aryl methyl sites for hydroxylation is 1. The van der Waals surface area contributed by atoms with Gasteiger partial charge in [0.15, 0.2) is 0 Å². The highest BCUT2D eigenvalue weighted by Crippen LogP contribution is 2.24. The zero-order valence-corrected chi connectivity index (χ0v) is 9.86. The van der Waals surface area contributed by atoms with Crippen molar-refractivity contribution in [1.82, 2.24) is 0 Å². The first kappa shape index (κ1) is 11.4. The number of hydrogen-bond donors (Lipinski definition) is 1. The monoisotopic (exact) mass is 211 g/mol. The van der Waals surface area contributed by atoms with Crippen molar-refractivity contribution in [1.29, 1.82) is 0 Å². The number of rotatable bonds is 4. The fourth-order valence-electron chi connectivity index (χ4n) is 1.46. The Labute approximate surface area is 91.5 Å². The highest BCUT2D eigenvalue weighted by Gasteiger charge is 2.05. The van der Waals surface area contributed by atoms with E-state index >= 15 is 0 Å². The van der Waals surface area contributed by atoms with Crippen LogP contribution in [-0.2, 0) is 0 Å². The molecule has 0 aromatic heterocycles. The van der Waals surface area contributed by atoms with Gasteiger partial charge in [0.1, 0.15) is 0 Å². The smallest absolute Gasteiger partial charge is 0.0637 e. The van der Waals surface area contributed by atoms with Crippen molar-refractivity contribution in [3.05, 3.63) is 28.8 Å². The molecule has 1 N–H and O–H groups in total. The Morgan fingerprint density at radius 3 is 2.50 bits per heavy atom. The van der Waals surface area contributed by atoms with E-state index in [1.165, 1.54) is 5.56 Å². The zero-order valence-electron chi connectivity index (χ0n) is 9.10. The molecule has 0 amide bonds. The van der Waals surface area contributed by atoms with Crippen molar-refractivity contribution in [3.8, 4) is 0 Å². The maximum atomic E-state index is 6.09. The fraction of sp³-hybridized carbons (Fsp3) is 0.500. The molecule has 14 heavy (non-hydrogen) atoms. The van der Waals surface area contributed by atoms with Crippen LogP contribution >= 0.6 is 11.6 Å². The standard InChI is InChI=1S/C12H18ClN/c1-4-10(5-2)14-12-8-9(3)6-7-11(12)13/h6-8,10,14H,4-5H2,1-3H3. The summed E-state index contributed by atoms with van der Waals surface area (Å²) in [5.74, 6) is 0. The highest BCUT2D eigenvalue weighted by molar-refractivity contribution is 6.33. The van der Waals surface area contributed by atoms with Crippen LogP contribution in [0.25, 0.3) is 0 Å². The molecular weight excluding hydrogens is 194 g/mol. The number of anilines is 1. The van der Waals surface area contributed by atoms with Gasteiger partial charge in [-0.05, 0) is 37.5 Å². The van der Waals surface area contributed by atoms with Crippen LogP contribution in [0.3, 0.4) is 0 Å². The lowest BCUT2D eigenvalue weighted by molar-refractivity contribution is 0.672. The van der Waals surface area contributed by atoms with Crippen molar-refractivity contribution < 1.29 is 0 Å². The van der Waals surface area contributed by atoms with E-state index in [1.807, 2.05) is 12.1 Å². The Bertz CT molecular complexity index is 292. The van der Waals surface area contributed by atoms with Crippen LogP contribution in [0, 0.1) is 6.92 Å². The topological polar surface area (TPSA) is 12.0 Å². The van der Waals surface area contributed by atoms with E-state index in [-0.39, 0.29) is 0 Å². The highest BCUT2D eigenvalue weighted by atomic mass is 35.5. The van der Waals surface area contributed by atoms with Gasteiger partial charge in [-0.1, -0.05) is 31.5 Å². The largest absolute Gasteiger partial charge is 0.381 e. The zero-order chi connectivity index (χ0) is 10.6. The third-order valence-electron chi connectivity index (χ3n) is 2.47. The van der Waals surface area contributed by atoms with Crippen LogP contribution in [0.15, 0.2) is 18.2 Å². The molecule has 0 atom stereocenters. The molecule has 0 unspecified atom stereocenters. The average molecular weight is 212 g/mol. The van der Waals surface area contributed by atoms with Gasteiger partial charge in [0.2, 0.25) is 0 Å². The summed E-state index contributed by atoms with van der Waals surface area (Å²) < 4.78 is 0. The lowest BCUT2D eigenvalue weighted by Gasteiger charge is -2.17. The Morgan fingerprint density at radius 1 is 1.29 bits per heavy atom. The van der Waals surface area contributed by atoms with E-state index in [0.717, 1.165) is 23.6 Å². The predicted molar refractivity (Wildman–Crippen MR) is 64.2 cm³/mol. The van der Waals surface area contributed by atoms with Gasteiger partial charge in [0.25, 0.3) is 0 Å². The van der Waals surface area contributed by atoms with Gasteiger partial charge in [0, 0.05) is 6.04 Å². The molecule has 1 nitrogen and oxygen atoms in total. The number of benzene rings is 1. The maximum Gasteiger partial charge on any atom is 0.0637 e. The Morgan fingerprint density at radius 2 is 1.93 bits per heavy atom. The average Bonchev–Trinajstić information content (AvgIpc) is 2.19. The summed E-state index contributed by atoms with van der Waals surface area (Å²) >= 11 is 6.09. The van der Waals surface area contributed by atoms with Crippen LogP contribution in [0.5, 0.6) is 0 Å². The van der Waals surface area contributed by atoms with Crippen molar-refractivity contribution in [2.45, 2.75) is 39.7 Å². The molecule has 1 rings (SSSR count). The van der Waals surface area contributed by atoms with Gasteiger partial charge in [-0.25, -0.2) is 0 Å². The quantitative estimate of drug-likeness (QED) is 0.785. The van der Waals surface area contributed by atoms with E-state index in [9.17, 15) is 0 Å². The summed E-state index contributed by atoms with van der Waals surface area (Å²) in [5.41, 5.74) is 2.29. The van der Waals surface area contributed by atoms with E-state index in [2.05, 4.69) is 32.2 Å². The van der Waals surface area contributed by atoms with Gasteiger partial charge in [0.05, 0.1) is 10.7 Å². The summed E-state index contributed by atoms with van der Waals surface area (Å²) in [6.07, 6.45) is 2.25. The molecule has 0 spiro atoms.